The van der Waals surface area contributed by atoms with E-state index in [1.807, 2.05) is 13.8 Å². The van der Waals surface area contributed by atoms with Gasteiger partial charge in [-0.15, -0.1) is 0 Å². The summed E-state index contributed by atoms with van der Waals surface area (Å²) in [7, 11) is 2.58. The molecule has 1 unspecified atom stereocenters. The molecule has 188 valence electrons. The summed E-state index contributed by atoms with van der Waals surface area (Å²) in [5.41, 5.74) is -0.646. The number of halogens is 2. The number of hydrogen-bond donors (Lipinski definition) is 1. The van der Waals surface area contributed by atoms with E-state index >= 15 is 0 Å². The minimum atomic E-state index is -1.16. The Bertz CT molecular complexity index is 1110. The molecule has 0 aliphatic heterocycles. The van der Waals surface area contributed by atoms with Gasteiger partial charge < -0.3 is 19.5 Å². The van der Waals surface area contributed by atoms with Crippen LogP contribution >= 0.6 is 0 Å². The second-order valence-electron chi connectivity index (χ2n) is 8.61. The molecule has 35 heavy (non-hydrogen) atoms. The first kappa shape index (κ1) is 26.1. The molecule has 0 radical (unpaired) electrons. The zero-order chi connectivity index (χ0) is 25.8. The average molecular weight is 492 g/mol. The van der Waals surface area contributed by atoms with Crippen LogP contribution in [0.25, 0.3) is 0 Å². The number of hydrogen-bond acceptors (Lipinski definition) is 8. The Morgan fingerprint density at radius 3 is 2.29 bits per heavy atom. The Labute approximate surface area is 200 Å². The van der Waals surface area contributed by atoms with Crippen LogP contribution in [-0.2, 0) is 19.1 Å². The van der Waals surface area contributed by atoms with Gasteiger partial charge in [-0.2, -0.15) is 13.8 Å². The Morgan fingerprint density at radius 2 is 1.74 bits per heavy atom. The molecule has 0 aromatic carbocycles. The summed E-state index contributed by atoms with van der Waals surface area (Å²) < 4.78 is 42.5. The van der Waals surface area contributed by atoms with Crippen molar-refractivity contribution in [2.75, 3.05) is 32.3 Å². The number of methoxy groups -OCH3 is 2. The van der Waals surface area contributed by atoms with E-state index in [0.29, 0.717) is 0 Å². The normalized spacial score (nSPS) is 16.2. The van der Waals surface area contributed by atoms with Crippen molar-refractivity contribution in [1.82, 2.24) is 15.3 Å². The molecule has 2 heterocycles. The van der Waals surface area contributed by atoms with Crippen molar-refractivity contribution in [2.24, 2.45) is 5.41 Å². The number of carbonyl (C=O) groups excluding carboxylic acids is 3. The number of esters is 1. The minimum absolute atomic E-state index is 0.132. The topological polar surface area (TPSA) is 120 Å². The van der Waals surface area contributed by atoms with E-state index in [0.717, 1.165) is 29.9 Å². The van der Waals surface area contributed by atoms with Crippen molar-refractivity contribution in [3.05, 3.63) is 41.9 Å². The zero-order valence-electron chi connectivity index (χ0n) is 19.8. The lowest BCUT2D eigenvalue weighted by atomic mass is 9.67. The highest BCUT2D eigenvalue weighted by Crippen LogP contribution is 2.40. The van der Waals surface area contributed by atoms with Crippen LogP contribution < -0.4 is 15.0 Å². The van der Waals surface area contributed by atoms with Gasteiger partial charge in [0.25, 0.3) is 11.8 Å². The first-order valence-electron chi connectivity index (χ1n) is 10.7. The number of amides is 2. The van der Waals surface area contributed by atoms with Gasteiger partial charge in [0.15, 0.2) is 11.4 Å². The highest BCUT2D eigenvalue weighted by Gasteiger charge is 2.40. The number of nitrogens with one attached hydrogen (secondary N) is 1. The van der Waals surface area contributed by atoms with E-state index < -0.39 is 36.3 Å². The van der Waals surface area contributed by atoms with Crippen molar-refractivity contribution in [3.8, 4) is 5.75 Å². The predicted octanol–water partition coefficient (Wildman–Crippen LogP) is 2.54. The molecule has 2 aromatic rings. The van der Waals surface area contributed by atoms with Crippen molar-refractivity contribution in [1.29, 1.82) is 0 Å². The molecule has 1 N–H and O–H groups in total. The van der Waals surface area contributed by atoms with Gasteiger partial charge >= 0.3 is 5.97 Å². The van der Waals surface area contributed by atoms with Gasteiger partial charge in [-0.25, -0.2) is 9.78 Å². The molecular formula is C23H26F2N4O6. The molecule has 2 amide bonds. The molecule has 1 atom stereocenters. The lowest BCUT2D eigenvalue weighted by Gasteiger charge is -2.44. The van der Waals surface area contributed by atoms with E-state index in [1.54, 1.807) is 0 Å². The molecule has 1 fully saturated rings. The molecule has 3 rings (SSSR count). The number of anilines is 2. The number of ether oxygens (including phenoxy) is 3. The molecule has 1 aliphatic rings. The summed E-state index contributed by atoms with van der Waals surface area (Å²) in [5, 5.41) is 2.86. The summed E-state index contributed by atoms with van der Waals surface area (Å²) in [6, 6.07) is 4.06. The van der Waals surface area contributed by atoms with E-state index in [-0.39, 0.29) is 41.0 Å². The molecule has 10 nitrogen and oxygen atoms in total. The van der Waals surface area contributed by atoms with Gasteiger partial charge in [0, 0.05) is 32.4 Å². The van der Waals surface area contributed by atoms with Crippen LogP contribution in [0.2, 0.25) is 0 Å². The van der Waals surface area contributed by atoms with Crippen LogP contribution in [0.4, 0.5) is 20.3 Å². The van der Waals surface area contributed by atoms with Crippen LogP contribution in [0.5, 0.6) is 5.75 Å². The predicted molar refractivity (Wildman–Crippen MR) is 119 cm³/mol. The van der Waals surface area contributed by atoms with Crippen LogP contribution in [0.1, 0.15) is 37.2 Å². The molecule has 1 saturated carbocycles. The maximum absolute atomic E-state index is 13.8. The third-order valence-corrected chi connectivity index (χ3v) is 5.62. The Hall–Kier alpha value is -3.51. The van der Waals surface area contributed by atoms with Crippen molar-refractivity contribution >= 4 is 29.3 Å². The molecule has 0 spiro atoms. The number of rotatable bonds is 9. The second-order valence-corrected chi connectivity index (χ2v) is 8.61. The second kappa shape index (κ2) is 10.8. The maximum Gasteiger partial charge on any atom is 0.337 e. The first-order valence-corrected chi connectivity index (χ1v) is 10.7. The van der Waals surface area contributed by atoms with Crippen LogP contribution in [0.3, 0.4) is 0 Å². The maximum atomic E-state index is 13.8. The fraction of sp³-hybridized carbons (Fsp3) is 0.435. The summed E-state index contributed by atoms with van der Waals surface area (Å²) in [6.07, 6.45) is 1.67. The van der Waals surface area contributed by atoms with E-state index in [4.69, 9.17) is 14.2 Å². The lowest BCUT2D eigenvalue weighted by Crippen LogP contribution is -2.52. The Kier molecular flexibility index (Phi) is 8.07. The van der Waals surface area contributed by atoms with Gasteiger partial charge in [-0.3, -0.25) is 14.5 Å². The number of pyridine rings is 2. The highest BCUT2D eigenvalue weighted by molar-refractivity contribution is 6.02. The van der Waals surface area contributed by atoms with E-state index in [1.165, 1.54) is 26.4 Å². The standard InChI is InChI=1S/C23H26F2N4O6/c1-23(2)8-7-15(23)26-22(32)21-14(35-20(31)12-34-4)5-6-18(28-21)29(19(30)11-33-3)13-9-16(24)27-17(25)10-13/h5-6,9-10,15H,7-8,11-12H2,1-4H3,(H,26,32). The molecule has 12 heteroatoms. The van der Waals surface area contributed by atoms with Gasteiger partial charge in [0.2, 0.25) is 11.9 Å². The summed E-state index contributed by atoms with van der Waals surface area (Å²) in [5.74, 6) is -4.78. The zero-order valence-corrected chi connectivity index (χ0v) is 19.8. The molecule has 1 aliphatic carbocycles. The molecule has 2 aromatic heterocycles. The summed E-state index contributed by atoms with van der Waals surface area (Å²) in [4.78, 5) is 46.1. The van der Waals surface area contributed by atoms with Crippen LogP contribution in [0.15, 0.2) is 24.3 Å². The quantitative estimate of drug-likeness (QED) is 0.419. The van der Waals surface area contributed by atoms with Crippen molar-refractivity contribution in [3.63, 3.8) is 0 Å². The lowest BCUT2D eigenvalue weighted by molar-refractivity contribution is -0.138. The molecule has 0 saturated heterocycles. The third kappa shape index (κ3) is 6.14. The van der Waals surface area contributed by atoms with Crippen LogP contribution in [0, 0.1) is 17.3 Å². The van der Waals surface area contributed by atoms with E-state index in [9.17, 15) is 23.2 Å². The highest BCUT2D eigenvalue weighted by atomic mass is 19.1. The summed E-state index contributed by atoms with van der Waals surface area (Å²) in [6.45, 7) is 3.19. The fourth-order valence-corrected chi connectivity index (χ4v) is 3.61. The smallest absolute Gasteiger partial charge is 0.337 e. The van der Waals surface area contributed by atoms with Gasteiger partial charge in [0.1, 0.15) is 19.0 Å². The Balaban J connectivity index is 2.06. The number of carbonyl (C=O) groups is 3. The SMILES string of the molecule is COCC(=O)Oc1ccc(N(C(=O)COC)c2cc(F)nc(F)c2)nc1C(=O)NC1CCC1(C)C. The van der Waals surface area contributed by atoms with Gasteiger partial charge in [0.05, 0.1) is 5.69 Å². The minimum Gasteiger partial charge on any atom is -0.422 e. The van der Waals surface area contributed by atoms with E-state index in [2.05, 4.69) is 15.3 Å². The summed E-state index contributed by atoms with van der Waals surface area (Å²) >= 11 is 0. The first-order chi connectivity index (χ1) is 16.6. The monoisotopic (exact) mass is 492 g/mol. The van der Waals surface area contributed by atoms with Gasteiger partial charge in [-0.05, 0) is 30.4 Å². The largest absolute Gasteiger partial charge is 0.422 e. The fourth-order valence-electron chi connectivity index (χ4n) is 3.61. The average Bonchev–Trinajstić information content (AvgIpc) is 2.77. The number of aromatic nitrogens is 2. The number of nitrogens with zero attached hydrogens (tertiary/aromatic N) is 3. The van der Waals surface area contributed by atoms with Crippen molar-refractivity contribution in [2.45, 2.75) is 32.7 Å². The van der Waals surface area contributed by atoms with Gasteiger partial charge in [-0.1, -0.05) is 13.8 Å². The third-order valence-electron chi connectivity index (χ3n) is 5.62. The molecular weight excluding hydrogens is 466 g/mol. The van der Waals surface area contributed by atoms with Crippen LogP contribution in [-0.4, -0.2) is 61.2 Å². The van der Waals surface area contributed by atoms with Crippen molar-refractivity contribution < 1.29 is 37.4 Å². The Morgan fingerprint density at radius 1 is 1.09 bits per heavy atom. The molecule has 0 bridgehead atoms.